The number of phosphoric ester groups is 4. The van der Waals surface area contributed by atoms with Gasteiger partial charge in [0.05, 0.1) is 52.9 Å². The van der Waals surface area contributed by atoms with Crippen molar-refractivity contribution in [3.8, 4) is 0 Å². The molecule has 0 aromatic carbocycles. The van der Waals surface area contributed by atoms with E-state index in [2.05, 4.69) is 55.4 Å². The molecule has 0 spiro atoms. The molecular weight excluding hydrogens is 1440 g/mol. The largest absolute Gasteiger partial charge is 4.00 e. The number of phosphoric acid groups is 4. The summed E-state index contributed by atoms with van der Waals surface area (Å²) in [6.07, 6.45) is 75.3. The van der Waals surface area contributed by atoms with E-state index in [0.717, 1.165) is 154 Å². The van der Waals surface area contributed by atoms with Crippen molar-refractivity contribution in [1.29, 1.82) is 0 Å². The first kappa shape index (κ1) is 111. The molecule has 0 amide bonds. The van der Waals surface area contributed by atoms with Crippen molar-refractivity contribution in [2.75, 3.05) is 52.9 Å². The van der Waals surface area contributed by atoms with E-state index < -0.39 is 31.3 Å². The molecule has 0 heterocycles. The number of unbranched alkanes of at least 4 members (excludes halogenated alkanes) is 56. The van der Waals surface area contributed by atoms with Gasteiger partial charge in [0.1, 0.15) is 0 Å². The second-order valence-corrected chi connectivity index (χ2v) is 33.9. The SMILES string of the molecule is CCCCCCCCCCOP(=O)([O-])OCCCCCCCCCC.CCCCCCCCCCOP(=O)([O-])OCCCCCCCCCC.CCCCCCCCCCOP(=O)([O-])OCCCCCCCCCC.CCCCCCCCCCOP(=O)([O-])OCCCCCCCCCC.[Mo+4]. The first-order valence-electron chi connectivity index (χ1n) is 42.9. The fourth-order valence-electron chi connectivity index (χ4n) is 11.4. The molecular formula is C80H168MoO16P4. The second kappa shape index (κ2) is 91.7. The van der Waals surface area contributed by atoms with E-state index in [-0.39, 0.29) is 73.9 Å². The van der Waals surface area contributed by atoms with Crippen LogP contribution >= 0.6 is 31.3 Å². The zero-order valence-electron chi connectivity index (χ0n) is 67.6. The fraction of sp³-hybridized carbons (Fsp3) is 1.00. The Balaban J connectivity index is -0.000000404. The number of hydrogen-bond donors (Lipinski definition) is 0. The van der Waals surface area contributed by atoms with Crippen LogP contribution < -0.4 is 19.6 Å². The predicted molar refractivity (Wildman–Crippen MR) is 419 cm³/mol. The van der Waals surface area contributed by atoms with Gasteiger partial charge in [-0.2, -0.15) is 0 Å². The minimum absolute atomic E-state index is 0. The van der Waals surface area contributed by atoms with Gasteiger partial charge in [-0.3, -0.25) is 18.3 Å². The molecule has 0 aromatic heterocycles. The van der Waals surface area contributed by atoms with Crippen LogP contribution in [0.5, 0.6) is 0 Å². The van der Waals surface area contributed by atoms with Gasteiger partial charge < -0.3 is 55.8 Å². The summed E-state index contributed by atoms with van der Waals surface area (Å²) in [4.78, 5) is 46.5. The van der Waals surface area contributed by atoms with Crippen LogP contribution in [0.4, 0.5) is 0 Å². The maximum atomic E-state index is 11.6. The standard InChI is InChI=1S/4C20H43O4P.Mo/c4*1-3-5-7-9-11-13-15-17-19-23-25(21,22)24-20-18-16-14-12-10-8-6-4-2;/h4*3-20H2,1-2H3,(H,21,22);/q;;;;+4/p-4. The molecule has 0 aliphatic carbocycles. The van der Waals surface area contributed by atoms with Crippen molar-refractivity contribution in [2.24, 2.45) is 0 Å². The van der Waals surface area contributed by atoms with Gasteiger partial charge in [0.2, 0.25) is 0 Å². The van der Waals surface area contributed by atoms with Crippen LogP contribution in [0.15, 0.2) is 0 Å². The molecule has 0 radical (unpaired) electrons. The zero-order chi connectivity index (χ0) is 74.6. The van der Waals surface area contributed by atoms with E-state index in [1.807, 2.05) is 0 Å². The van der Waals surface area contributed by atoms with Crippen LogP contribution in [-0.4, -0.2) is 52.9 Å². The van der Waals surface area contributed by atoms with Crippen LogP contribution in [0, 0.1) is 0 Å². The Hall–Kier alpha value is 1.13. The predicted octanol–water partition coefficient (Wildman–Crippen LogP) is 27.1. The summed E-state index contributed by atoms with van der Waals surface area (Å²) in [5.74, 6) is 0. The van der Waals surface area contributed by atoms with E-state index in [1.54, 1.807) is 0 Å². The average Bonchev–Trinajstić information content (AvgIpc) is 1.12. The second-order valence-electron chi connectivity index (χ2n) is 28.3. The minimum atomic E-state index is -4.08. The summed E-state index contributed by atoms with van der Waals surface area (Å²) in [5, 5.41) is 0. The van der Waals surface area contributed by atoms with Crippen molar-refractivity contribution in [2.45, 2.75) is 466 Å². The molecule has 0 aliphatic rings. The molecule has 21 heteroatoms. The molecule has 0 aliphatic heterocycles. The third-order valence-electron chi connectivity index (χ3n) is 18.0. The summed E-state index contributed by atoms with van der Waals surface area (Å²) < 4.78 is 85.9. The molecule has 101 heavy (non-hydrogen) atoms. The smallest absolute Gasteiger partial charge is 0.756 e. The molecule has 0 unspecified atom stereocenters. The van der Waals surface area contributed by atoms with Crippen LogP contribution in [0.3, 0.4) is 0 Å². The molecule has 0 fully saturated rings. The molecule has 0 saturated carbocycles. The topological polar surface area (TPSA) is 234 Å². The maximum absolute atomic E-state index is 11.6. The first-order chi connectivity index (χ1) is 48.5. The Labute approximate surface area is 641 Å². The normalized spacial score (nSPS) is 11.8. The quantitative estimate of drug-likeness (QED) is 0.0313. The Kier molecular flexibility index (Phi) is 101. The van der Waals surface area contributed by atoms with Gasteiger partial charge >= 0.3 is 21.1 Å². The van der Waals surface area contributed by atoms with Gasteiger partial charge in [-0.1, -0.05) is 415 Å². The Bertz CT molecular complexity index is 1380. The van der Waals surface area contributed by atoms with Gasteiger partial charge in [0.15, 0.2) is 0 Å². The van der Waals surface area contributed by atoms with Crippen molar-refractivity contribution < 1.29 is 95.1 Å². The summed E-state index contributed by atoms with van der Waals surface area (Å²) in [5.41, 5.74) is 0. The van der Waals surface area contributed by atoms with Crippen molar-refractivity contribution in [1.82, 2.24) is 0 Å². The van der Waals surface area contributed by atoms with Crippen molar-refractivity contribution >= 4 is 31.3 Å². The third-order valence-corrected chi connectivity index (χ3v) is 22.0. The molecule has 0 saturated heterocycles. The maximum Gasteiger partial charge on any atom is 4.00 e. The molecule has 0 bridgehead atoms. The molecule has 610 valence electrons. The van der Waals surface area contributed by atoms with Gasteiger partial charge in [0.25, 0.3) is 31.3 Å². The monoisotopic (exact) mass is 1610 g/mol. The number of hydrogen-bond acceptors (Lipinski definition) is 16. The van der Waals surface area contributed by atoms with Crippen LogP contribution in [0.2, 0.25) is 0 Å². The Morgan fingerprint density at radius 3 is 0.297 bits per heavy atom. The summed E-state index contributed by atoms with van der Waals surface area (Å²) in [6.45, 7) is 19.8. The molecule has 0 N–H and O–H groups in total. The molecule has 0 atom stereocenters. The van der Waals surface area contributed by atoms with Crippen LogP contribution in [-0.2, 0) is 75.5 Å². The molecule has 0 rings (SSSR count). The van der Waals surface area contributed by atoms with E-state index >= 15 is 0 Å². The number of rotatable bonds is 80. The zero-order valence-corrected chi connectivity index (χ0v) is 73.2. The van der Waals surface area contributed by atoms with Gasteiger partial charge in [-0.15, -0.1) is 0 Å². The Morgan fingerprint density at radius 1 is 0.149 bits per heavy atom. The van der Waals surface area contributed by atoms with Gasteiger partial charge in [0, 0.05) is 0 Å². The van der Waals surface area contributed by atoms with Crippen molar-refractivity contribution in [3.63, 3.8) is 0 Å². The summed E-state index contributed by atoms with van der Waals surface area (Å²) in [7, 11) is -16.3. The third kappa shape index (κ3) is 105. The van der Waals surface area contributed by atoms with E-state index in [1.165, 1.54) is 257 Å². The minimum Gasteiger partial charge on any atom is -0.756 e. The molecule has 0 aromatic rings. The van der Waals surface area contributed by atoms with E-state index in [4.69, 9.17) is 36.2 Å². The van der Waals surface area contributed by atoms with Gasteiger partial charge in [-0.05, 0) is 51.4 Å². The average molecular weight is 1610 g/mol. The van der Waals surface area contributed by atoms with Crippen LogP contribution in [0.1, 0.15) is 466 Å². The van der Waals surface area contributed by atoms with Gasteiger partial charge in [-0.25, -0.2) is 0 Å². The first-order valence-corrected chi connectivity index (χ1v) is 48.7. The summed E-state index contributed by atoms with van der Waals surface area (Å²) >= 11 is 0. The van der Waals surface area contributed by atoms with Crippen molar-refractivity contribution in [3.05, 3.63) is 0 Å². The summed E-state index contributed by atoms with van der Waals surface area (Å²) in [6, 6.07) is 0. The van der Waals surface area contributed by atoms with E-state index in [0.29, 0.717) is 0 Å². The molecule has 16 nitrogen and oxygen atoms in total. The Morgan fingerprint density at radius 2 is 0.218 bits per heavy atom. The van der Waals surface area contributed by atoms with Crippen LogP contribution in [0.25, 0.3) is 0 Å². The fourth-order valence-corrected chi connectivity index (χ4v) is 14.6. The van der Waals surface area contributed by atoms with E-state index in [9.17, 15) is 37.8 Å².